The van der Waals surface area contributed by atoms with Crippen molar-refractivity contribution in [3.63, 3.8) is 0 Å². The van der Waals surface area contributed by atoms with Crippen LogP contribution in [-0.2, 0) is 27.9 Å². The van der Waals surface area contributed by atoms with E-state index in [0.29, 0.717) is 6.42 Å². The Hall–Kier alpha value is -0.990. The van der Waals surface area contributed by atoms with Gasteiger partial charge in [0.25, 0.3) is 0 Å². The first-order chi connectivity index (χ1) is 21.3. The molecule has 0 spiro atoms. The highest BCUT2D eigenvalue weighted by molar-refractivity contribution is 7.47. The van der Waals surface area contributed by atoms with Crippen LogP contribution in [0.1, 0.15) is 174 Å². The summed E-state index contributed by atoms with van der Waals surface area (Å²) in [5, 5.41) is 12.6. The molecule has 0 saturated carbocycles. The van der Waals surface area contributed by atoms with Crippen LogP contribution in [0.2, 0.25) is 0 Å². The van der Waals surface area contributed by atoms with Crippen molar-refractivity contribution >= 4 is 19.7 Å². The number of phosphoric ester groups is 1. The number of amides is 1. The average molecular weight is 650 g/mol. The number of ether oxygens (including phenoxy) is 1. The van der Waals surface area contributed by atoms with Crippen molar-refractivity contribution in [1.29, 1.82) is 0 Å². The summed E-state index contributed by atoms with van der Waals surface area (Å²) in [4.78, 5) is 33.6. The van der Waals surface area contributed by atoms with Crippen LogP contribution in [0, 0.1) is 0 Å². The maximum atomic E-state index is 12.0. The first-order valence-corrected chi connectivity index (χ1v) is 19.5. The number of aliphatic hydroxyl groups is 1. The lowest BCUT2D eigenvalue weighted by molar-refractivity contribution is -0.147. The molecule has 3 N–H and O–H groups in total. The fourth-order valence-electron chi connectivity index (χ4n) is 5.03. The molecule has 2 unspecified atom stereocenters. The van der Waals surface area contributed by atoms with E-state index in [1.807, 2.05) is 0 Å². The molecule has 262 valence electrons. The normalized spacial score (nSPS) is 13.5. The summed E-state index contributed by atoms with van der Waals surface area (Å²) in [7, 11) is -4.40. The van der Waals surface area contributed by atoms with Crippen molar-refractivity contribution in [3.8, 4) is 0 Å². The molecule has 0 radical (unpaired) electrons. The monoisotopic (exact) mass is 649 g/mol. The molecule has 10 heteroatoms. The second-order valence-corrected chi connectivity index (χ2v) is 13.7. The zero-order valence-corrected chi connectivity index (χ0v) is 29.3. The van der Waals surface area contributed by atoms with Gasteiger partial charge >= 0.3 is 13.8 Å². The summed E-state index contributed by atoms with van der Waals surface area (Å²) >= 11 is 0. The second-order valence-electron chi connectivity index (χ2n) is 12.2. The molecule has 0 saturated heterocycles. The Labute approximate surface area is 269 Å². The van der Waals surface area contributed by atoms with Crippen LogP contribution in [0.5, 0.6) is 0 Å². The van der Waals surface area contributed by atoms with Gasteiger partial charge in [0, 0.05) is 19.4 Å². The first-order valence-electron chi connectivity index (χ1n) is 18.0. The molecule has 0 aliphatic rings. The molecule has 9 nitrogen and oxygen atoms in total. The number of aliphatic hydroxyl groups excluding tert-OH is 1. The third-order valence-electron chi connectivity index (χ3n) is 7.79. The van der Waals surface area contributed by atoms with Gasteiger partial charge in [-0.2, -0.15) is 0 Å². The van der Waals surface area contributed by atoms with Crippen LogP contribution in [0.3, 0.4) is 0 Å². The van der Waals surface area contributed by atoms with Gasteiger partial charge in [0.15, 0.2) is 0 Å². The predicted molar refractivity (Wildman–Crippen MR) is 178 cm³/mol. The van der Waals surface area contributed by atoms with Gasteiger partial charge in [-0.25, -0.2) is 4.57 Å². The van der Waals surface area contributed by atoms with Crippen molar-refractivity contribution < 1.29 is 37.9 Å². The Bertz CT molecular complexity index is 709. The van der Waals surface area contributed by atoms with Crippen molar-refractivity contribution in [1.82, 2.24) is 5.32 Å². The minimum Gasteiger partial charge on any atom is -0.463 e. The fourth-order valence-corrected chi connectivity index (χ4v) is 5.78. The standard InChI is InChI=1S/C34H68NO8P/c1-3-5-7-9-11-13-14-15-16-17-18-19-20-22-24-26-33(37)35-28-29-42-44(39,40)43-31-32(36)30-41-34(38)27-25-23-21-12-10-8-6-4-2/h32,36H,3-31H2,1-2H3,(H,35,37)(H,39,40). The average Bonchev–Trinajstić information content (AvgIpc) is 3.00. The highest BCUT2D eigenvalue weighted by atomic mass is 31.2. The van der Waals surface area contributed by atoms with Gasteiger partial charge in [-0.3, -0.25) is 18.6 Å². The molecule has 1 amide bonds. The van der Waals surface area contributed by atoms with E-state index in [4.69, 9.17) is 13.8 Å². The Balaban J connectivity index is 3.59. The summed E-state index contributed by atoms with van der Waals surface area (Å²) in [6.45, 7) is 3.52. The van der Waals surface area contributed by atoms with Crippen LogP contribution < -0.4 is 5.32 Å². The van der Waals surface area contributed by atoms with Gasteiger partial charge in [-0.1, -0.05) is 149 Å². The van der Waals surface area contributed by atoms with E-state index in [2.05, 4.69) is 19.2 Å². The maximum Gasteiger partial charge on any atom is 0.472 e. The Morgan fingerprint density at radius 2 is 1.02 bits per heavy atom. The lowest BCUT2D eigenvalue weighted by Gasteiger charge is -2.15. The summed E-state index contributed by atoms with van der Waals surface area (Å²) in [5.41, 5.74) is 0. The third kappa shape index (κ3) is 32.4. The molecule has 0 fully saturated rings. The van der Waals surface area contributed by atoms with Crippen LogP contribution in [0.25, 0.3) is 0 Å². The highest BCUT2D eigenvalue weighted by Crippen LogP contribution is 2.42. The van der Waals surface area contributed by atoms with Crippen LogP contribution >= 0.6 is 7.82 Å². The molecule has 0 aliphatic carbocycles. The summed E-state index contributed by atoms with van der Waals surface area (Å²) in [6, 6.07) is 0. The SMILES string of the molecule is CCCCCCCCCCCCCCCCCC(=O)NCCOP(=O)(O)OCC(O)COC(=O)CCCCCCCCCC. The zero-order valence-electron chi connectivity index (χ0n) is 28.4. The van der Waals surface area contributed by atoms with Gasteiger partial charge in [0.05, 0.1) is 13.2 Å². The van der Waals surface area contributed by atoms with E-state index in [1.54, 1.807) is 0 Å². The Morgan fingerprint density at radius 1 is 0.614 bits per heavy atom. The molecule has 0 aromatic heterocycles. The number of unbranched alkanes of at least 4 members (excludes halogenated alkanes) is 21. The topological polar surface area (TPSA) is 131 Å². The summed E-state index contributed by atoms with van der Waals surface area (Å²) in [5.74, 6) is -0.514. The van der Waals surface area contributed by atoms with Crippen molar-refractivity contribution in [2.75, 3.05) is 26.4 Å². The highest BCUT2D eigenvalue weighted by Gasteiger charge is 2.23. The number of carbonyl (C=O) groups is 2. The molecule has 0 bridgehead atoms. The molecule has 44 heavy (non-hydrogen) atoms. The molecule has 2 atom stereocenters. The summed E-state index contributed by atoms with van der Waals surface area (Å²) < 4.78 is 26.6. The number of hydrogen-bond donors (Lipinski definition) is 3. The van der Waals surface area contributed by atoms with Gasteiger partial charge in [0.2, 0.25) is 5.91 Å². The van der Waals surface area contributed by atoms with E-state index in [-0.39, 0.29) is 32.1 Å². The van der Waals surface area contributed by atoms with Gasteiger partial charge in [-0.15, -0.1) is 0 Å². The van der Waals surface area contributed by atoms with E-state index >= 15 is 0 Å². The van der Waals surface area contributed by atoms with Crippen LogP contribution in [0.15, 0.2) is 0 Å². The number of rotatable bonds is 34. The van der Waals surface area contributed by atoms with E-state index in [1.165, 1.54) is 109 Å². The van der Waals surface area contributed by atoms with E-state index < -0.39 is 26.5 Å². The smallest absolute Gasteiger partial charge is 0.463 e. The first kappa shape index (κ1) is 43.0. The van der Waals surface area contributed by atoms with Gasteiger partial charge in [0.1, 0.15) is 12.7 Å². The van der Waals surface area contributed by atoms with Crippen molar-refractivity contribution in [2.24, 2.45) is 0 Å². The summed E-state index contributed by atoms with van der Waals surface area (Å²) in [6.07, 6.45) is 27.6. The van der Waals surface area contributed by atoms with Crippen LogP contribution in [-0.4, -0.2) is 54.3 Å². The Morgan fingerprint density at radius 3 is 1.48 bits per heavy atom. The predicted octanol–water partition coefficient (Wildman–Crippen LogP) is 8.93. The number of esters is 1. The Kier molecular flexibility index (Phi) is 31.3. The zero-order chi connectivity index (χ0) is 32.6. The maximum absolute atomic E-state index is 12.0. The molecule has 0 rings (SSSR count). The third-order valence-corrected chi connectivity index (χ3v) is 8.77. The largest absolute Gasteiger partial charge is 0.472 e. The van der Waals surface area contributed by atoms with Gasteiger partial charge < -0.3 is 20.1 Å². The number of phosphoric acid groups is 1. The number of nitrogens with one attached hydrogen (secondary N) is 1. The lowest BCUT2D eigenvalue weighted by Crippen LogP contribution is -2.27. The van der Waals surface area contributed by atoms with E-state index in [0.717, 1.165) is 38.5 Å². The minimum absolute atomic E-state index is 0.0877. The van der Waals surface area contributed by atoms with Crippen molar-refractivity contribution in [3.05, 3.63) is 0 Å². The fraction of sp³-hybridized carbons (Fsp3) is 0.941. The van der Waals surface area contributed by atoms with Gasteiger partial charge in [-0.05, 0) is 12.8 Å². The quantitative estimate of drug-likeness (QED) is 0.0358. The number of hydrogen-bond acceptors (Lipinski definition) is 7. The minimum atomic E-state index is -4.40. The van der Waals surface area contributed by atoms with E-state index in [9.17, 15) is 24.2 Å². The molecule has 0 aliphatic heterocycles. The second kappa shape index (κ2) is 32.0. The molecule has 0 aromatic carbocycles. The lowest BCUT2D eigenvalue weighted by atomic mass is 10.0. The number of carbonyl (C=O) groups excluding carboxylic acids is 2. The molecule has 0 aromatic rings. The van der Waals surface area contributed by atoms with Crippen LogP contribution in [0.4, 0.5) is 0 Å². The molecular weight excluding hydrogens is 581 g/mol. The van der Waals surface area contributed by atoms with Crippen molar-refractivity contribution in [2.45, 2.75) is 180 Å². The molecular formula is C34H68NO8P. The molecule has 0 heterocycles.